The molecule has 3 heterocycles. The van der Waals surface area contributed by atoms with Crippen LogP contribution in [0, 0.1) is 0 Å². The van der Waals surface area contributed by atoms with Crippen LogP contribution < -0.4 is 10.2 Å². The Morgan fingerprint density at radius 1 is 1.23 bits per heavy atom. The van der Waals surface area contributed by atoms with Gasteiger partial charge in [-0.1, -0.05) is 12.1 Å². The molecule has 2 N–H and O–H groups in total. The first-order valence-corrected chi connectivity index (χ1v) is 7.79. The van der Waals surface area contributed by atoms with Crippen LogP contribution in [-0.4, -0.2) is 22.1 Å². The molecule has 0 aliphatic carbocycles. The van der Waals surface area contributed by atoms with Crippen molar-refractivity contribution in [2.45, 2.75) is 6.10 Å². The fourth-order valence-electron chi connectivity index (χ4n) is 2.63. The molecule has 1 unspecified atom stereocenters. The third-order valence-electron chi connectivity index (χ3n) is 3.76. The highest BCUT2D eigenvalue weighted by Gasteiger charge is 2.23. The number of hydrogen-bond donors (Lipinski definition) is 2. The van der Waals surface area contributed by atoms with Gasteiger partial charge in [-0.05, 0) is 29.1 Å². The highest BCUT2D eigenvalue weighted by Crippen LogP contribution is 2.41. The Labute approximate surface area is 131 Å². The maximum Gasteiger partial charge on any atom is 0.176 e. The molecule has 0 fully saturated rings. The minimum Gasteiger partial charge on any atom is -0.383 e. The minimum atomic E-state index is -0.610. The molecule has 2 aromatic heterocycles. The number of nitrogens with zero attached hydrogens (tertiary/aromatic N) is 3. The zero-order chi connectivity index (χ0) is 15.1. The van der Waals surface area contributed by atoms with Crippen LogP contribution in [-0.2, 0) is 0 Å². The van der Waals surface area contributed by atoms with E-state index in [0.717, 1.165) is 33.5 Å². The van der Waals surface area contributed by atoms with Gasteiger partial charge in [0.05, 0.1) is 11.4 Å². The second kappa shape index (κ2) is 5.08. The number of nitrogens with one attached hydrogen (secondary N) is 1. The van der Waals surface area contributed by atoms with E-state index in [0.29, 0.717) is 0 Å². The Balaban J connectivity index is 1.74. The highest BCUT2D eigenvalue weighted by molar-refractivity contribution is 7.10. The van der Waals surface area contributed by atoms with Crippen molar-refractivity contribution in [1.29, 1.82) is 0 Å². The molecule has 0 saturated heterocycles. The van der Waals surface area contributed by atoms with Gasteiger partial charge in [-0.3, -0.25) is 0 Å². The minimum absolute atomic E-state index is 0.610. The molecule has 1 aliphatic rings. The number of hydrogen-bond acceptors (Lipinski definition) is 6. The Morgan fingerprint density at radius 2 is 2.09 bits per heavy atom. The van der Waals surface area contributed by atoms with E-state index in [-0.39, 0.29) is 0 Å². The lowest BCUT2D eigenvalue weighted by Crippen LogP contribution is -2.20. The van der Waals surface area contributed by atoms with Crippen LogP contribution in [0.2, 0.25) is 0 Å². The van der Waals surface area contributed by atoms with E-state index >= 15 is 0 Å². The Bertz CT molecular complexity index is 819. The second-order valence-corrected chi connectivity index (χ2v) is 6.09. The molecule has 0 amide bonds. The summed E-state index contributed by atoms with van der Waals surface area (Å²) in [6.07, 6.45) is 2.73. The molecular weight excluding hydrogens is 296 g/mol. The van der Waals surface area contributed by atoms with Crippen molar-refractivity contribution in [3.8, 4) is 0 Å². The van der Waals surface area contributed by atoms with Crippen LogP contribution in [0.25, 0.3) is 0 Å². The van der Waals surface area contributed by atoms with Crippen molar-refractivity contribution >= 4 is 34.3 Å². The molecule has 1 aliphatic heterocycles. The summed E-state index contributed by atoms with van der Waals surface area (Å²) in [6, 6.07) is 9.79. The summed E-state index contributed by atoms with van der Waals surface area (Å²) in [7, 11) is 1.96. The SMILES string of the molecule is CN1c2ccc(C(O)c3cccs3)cc2Nc2nccnc21. The van der Waals surface area contributed by atoms with Gasteiger partial charge in [0.15, 0.2) is 11.6 Å². The Morgan fingerprint density at radius 3 is 2.91 bits per heavy atom. The van der Waals surface area contributed by atoms with E-state index < -0.39 is 6.10 Å². The van der Waals surface area contributed by atoms with Crippen LogP contribution in [0.1, 0.15) is 16.5 Å². The number of benzene rings is 1. The molecule has 5 nitrogen and oxygen atoms in total. The van der Waals surface area contributed by atoms with Crippen molar-refractivity contribution in [3.63, 3.8) is 0 Å². The third-order valence-corrected chi connectivity index (χ3v) is 4.68. The lowest BCUT2D eigenvalue weighted by molar-refractivity contribution is 0.224. The van der Waals surface area contributed by atoms with E-state index in [4.69, 9.17) is 0 Å². The van der Waals surface area contributed by atoms with E-state index in [1.165, 1.54) is 0 Å². The van der Waals surface area contributed by atoms with Crippen LogP contribution >= 0.6 is 11.3 Å². The van der Waals surface area contributed by atoms with Gasteiger partial charge in [-0.15, -0.1) is 11.3 Å². The van der Waals surface area contributed by atoms with Gasteiger partial charge in [0.1, 0.15) is 6.10 Å². The topological polar surface area (TPSA) is 61.3 Å². The van der Waals surface area contributed by atoms with Gasteiger partial charge in [-0.25, -0.2) is 9.97 Å². The van der Waals surface area contributed by atoms with Gasteiger partial charge in [0.25, 0.3) is 0 Å². The Hall–Kier alpha value is -2.44. The summed E-state index contributed by atoms with van der Waals surface area (Å²) in [5, 5.41) is 15.7. The zero-order valence-corrected chi connectivity index (χ0v) is 12.7. The number of aliphatic hydroxyl groups excluding tert-OH is 1. The van der Waals surface area contributed by atoms with E-state index in [9.17, 15) is 5.11 Å². The summed E-state index contributed by atoms with van der Waals surface area (Å²) < 4.78 is 0. The lowest BCUT2D eigenvalue weighted by atomic mass is 10.0. The van der Waals surface area contributed by atoms with Crippen LogP contribution in [0.4, 0.5) is 23.0 Å². The molecule has 22 heavy (non-hydrogen) atoms. The molecule has 1 aromatic carbocycles. The molecule has 0 bridgehead atoms. The average molecular weight is 310 g/mol. The molecule has 0 spiro atoms. The molecule has 1 atom stereocenters. The monoisotopic (exact) mass is 310 g/mol. The van der Waals surface area contributed by atoms with Gasteiger partial charge in [0, 0.05) is 24.3 Å². The number of fused-ring (bicyclic) bond motifs is 2. The first kappa shape index (κ1) is 13.2. The lowest BCUT2D eigenvalue weighted by Gasteiger charge is -2.29. The van der Waals surface area contributed by atoms with Gasteiger partial charge >= 0.3 is 0 Å². The molecule has 0 radical (unpaired) electrons. The molecular formula is C16H14N4OS. The second-order valence-electron chi connectivity index (χ2n) is 5.11. The first-order valence-electron chi connectivity index (χ1n) is 6.91. The van der Waals surface area contributed by atoms with Gasteiger partial charge in [0.2, 0.25) is 0 Å². The fourth-order valence-corrected chi connectivity index (χ4v) is 3.37. The van der Waals surface area contributed by atoms with E-state index in [2.05, 4.69) is 15.3 Å². The molecule has 0 saturated carbocycles. The van der Waals surface area contributed by atoms with E-state index in [1.807, 2.05) is 47.7 Å². The van der Waals surface area contributed by atoms with Gasteiger partial charge < -0.3 is 15.3 Å². The number of thiophene rings is 1. The predicted molar refractivity (Wildman–Crippen MR) is 88.2 cm³/mol. The van der Waals surface area contributed by atoms with Gasteiger partial charge in [-0.2, -0.15) is 0 Å². The quantitative estimate of drug-likeness (QED) is 0.759. The van der Waals surface area contributed by atoms with Crippen molar-refractivity contribution < 1.29 is 5.11 Å². The summed E-state index contributed by atoms with van der Waals surface area (Å²) in [5.74, 6) is 1.52. The molecule has 3 aromatic rings. The van der Waals surface area contributed by atoms with Crippen molar-refractivity contribution in [3.05, 3.63) is 58.5 Å². The average Bonchev–Trinajstić information content (AvgIpc) is 3.08. The van der Waals surface area contributed by atoms with E-state index in [1.54, 1.807) is 23.7 Å². The summed E-state index contributed by atoms with van der Waals surface area (Å²) in [4.78, 5) is 11.6. The highest BCUT2D eigenvalue weighted by atomic mass is 32.1. The Kier molecular flexibility index (Phi) is 3.06. The predicted octanol–water partition coefficient (Wildman–Crippen LogP) is 3.44. The maximum atomic E-state index is 10.5. The normalized spacial score (nSPS) is 14.0. The van der Waals surface area contributed by atoms with Crippen LogP contribution in [0.5, 0.6) is 0 Å². The fraction of sp³-hybridized carbons (Fsp3) is 0.125. The number of aromatic nitrogens is 2. The standard InChI is InChI=1S/C16H14N4OS/c1-20-12-5-4-10(14(21)13-3-2-8-22-13)9-11(12)19-15-16(20)18-7-6-17-15/h2-9,14,21H,1H3,(H,17,19). The summed E-state index contributed by atoms with van der Waals surface area (Å²) in [6.45, 7) is 0. The summed E-state index contributed by atoms with van der Waals surface area (Å²) in [5.41, 5.74) is 2.79. The maximum absolute atomic E-state index is 10.5. The van der Waals surface area contributed by atoms with Crippen molar-refractivity contribution in [2.75, 3.05) is 17.3 Å². The zero-order valence-electron chi connectivity index (χ0n) is 11.9. The first-order chi connectivity index (χ1) is 10.7. The number of rotatable bonds is 2. The van der Waals surface area contributed by atoms with Crippen molar-refractivity contribution in [1.82, 2.24) is 9.97 Å². The smallest absolute Gasteiger partial charge is 0.176 e. The van der Waals surface area contributed by atoms with Crippen LogP contribution in [0.3, 0.4) is 0 Å². The molecule has 4 rings (SSSR count). The van der Waals surface area contributed by atoms with Crippen LogP contribution in [0.15, 0.2) is 48.1 Å². The third kappa shape index (κ3) is 2.04. The largest absolute Gasteiger partial charge is 0.383 e. The number of aliphatic hydroxyl groups is 1. The molecule has 6 heteroatoms. The number of anilines is 4. The van der Waals surface area contributed by atoms with Crippen molar-refractivity contribution in [2.24, 2.45) is 0 Å². The molecule has 110 valence electrons. The summed E-state index contributed by atoms with van der Waals surface area (Å²) >= 11 is 1.55.